The number of benzene rings is 1. The normalized spacial score (nSPS) is 17.6. The minimum Gasteiger partial charge on any atom is -0.378 e. The Morgan fingerprint density at radius 1 is 0.806 bits per heavy atom. The van der Waals surface area contributed by atoms with Crippen molar-refractivity contribution < 1.29 is 13.5 Å². The van der Waals surface area contributed by atoms with Gasteiger partial charge in [-0.3, -0.25) is 0 Å². The fraction of sp³-hybridized carbons (Fsp3) is 0.429. The lowest BCUT2D eigenvalue weighted by Crippen LogP contribution is -2.47. The van der Waals surface area contributed by atoms with Crippen molar-refractivity contribution in [3.05, 3.63) is 42.5 Å². The van der Waals surface area contributed by atoms with E-state index in [1.807, 2.05) is 18.2 Å². The summed E-state index contributed by atoms with van der Waals surface area (Å²) in [6.45, 7) is 5.76. The molecule has 0 bridgehead atoms. The average molecular weight is 427 g/mol. The highest BCUT2D eigenvalue weighted by Gasteiger charge is 2.24. The number of anilines is 3. The van der Waals surface area contributed by atoms with Gasteiger partial charge in [-0.2, -0.15) is 0 Å². The van der Waals surface area contributed by atoms with E-state index in [1.54, 1.807) is 18.5 Å². The van der Waals surface area contributed by atoms with Crippen molar-refractivity contribution in [2.75, 3.05) is 67.2 Å². The Labute approximate surface area is 178 Å². The first-order chi connectivity index (χ1) is 15.2. The lowest BCUT2D eigenvalue weighted by Gasteiger charge is -2.37. The monoisotopic (exact) mass is 427 g/mol. The molecule has 0 atom stereocenters. The van der Waals surface area contributed by atoms with E-state index < -0.39 is 12.2 Å². The average Bonchev–Trinajstić information content (AvgIpc) is 2.84. The summed E-state index contributed by atoms with van der Waals surface area (Å²) in [5.41, 5.74) is 0.538. The van der Waals surface area contributed by atoms with E-state index in [0.717, 1.165) is 30.1 Å². The number of rotatable bonds is 4. The van der Waals surface area contributed by atoms with Gasteiger partial charge in [-0.15, -0.1) is 0 Å². The molecule has 0 spiro atoms. The Morgan fingerprint density at radius 3 is 2.16 bits per heavy atom. The SMILES string of the molecule is FC(F)c1nc(N2CCN(c3cc(N4CCOCC4)ncn3)CC2)c2ccccc2n1. The minimum absolute atomic E-state index is 0.429. The molecular weight excluding hydrogens is 404 g/mol. The number of para-hydroxylation sites is 1. The van der Waals surface area contributed by atoms with Crippen LogP contribution in [-0.2, 0) is 4.74 Å². The highest BCUT2D eigenvalue weighted by atomic mass is 19.3. The van der Waals surface area contributed by atoms with Gasteiger partial charge >= 0.3 is 0 Å². The maximum Gasteiger partial charge on any atom is 0.297 e. The van der Waals surface area contributed by atoms with Crippen LogP contribution in [0, 0.1) is 0 Å². The zero-order chi connectivity index (χ0) is 21.2. The third kappa shape index (κ3) is 4.07. The molecule has 10 heteroatoms. The molecule has 3 aromatic rings. The summed E-state index contributed by atoms with van der Waals surface area (Å²) >= 11 is 0. The largest absolute Gasteiger partial charge is 0.378 e. The van der Waals surface area contributed by atoms with Crippen LogP contribution in [0.5, 0.6) is 0 Å². The molecule has 4 heterocycles. The fourth-order valence-electron chi connectivity index (χ4n) is 4.04. The molecule has 1 aromatic carbocycles. The number of aromatic nitrogens is 4. The molecule has 0 radical (unpaired) electrons. The Hall–Kier alpha value is -3.14. The van der Waals surface area contributed by atoms with Gasteiger partial charge in [0.1, 0.15) is 23.8 Å². The second-order valence-electron chi connectivity index (χ2n) is 7.53. The maximum atomic E-state index is 13.3. The number of hydrogen-bond donors (Lipinski definition) is 0. The molecule has 2 aromatic heterocycles. The van der Waals surface area contributed by atoms with Crippen molar-refractivity contribution in [2.45, 2.75) is 6.43 Å². The van der Waals surface area contributed by atoms with Gasteiger partial charge in [-0.05, 0) is 12.1 Å². The molecule has 0 saturated carbocycles. The Balaban J connectivity index is 1.34. The molecule has 0 unspecified atom stereocenters. The molecule has 2 aliphatic heterocycles. The zero-order valence-electron chi connectivity index (χ0n) is 17.0. The highest BCUT2D eigenvalue weighted by molar-refractivity contribution is 5.89. The Morgan fingerprint density at radius 2 is 1.45 bits per heavy atom. The summed E-state index contributed by atoms with van der Waals surface area (Å²) in [6, 6.07) is 9.31. The van der Waals surface area contributed by atoms with E-state index in [9.17, 15) is 8.78 Å². The number of ether oxygens (including phenoxy) is 1. The van der Waals surface area contributed by atoms with E-state index in [1.165, 1.54) is 0 Å². The van der Waals surface area contributed by atoms with Crippen molar-refractivity contribution >= 4 is 28.4 Å². The Kier molecular flexibility index (Phi) is 5.46. The quantitative estimate of drug-likeness (QED) is 0.629. The summed E-state index contributed by atoms with van der Waals surface area (Å²) in [6.07, 6.45) is -1.11. The summed E-state index contributed by atoms with van der Waals surface area (Å²) in [5.74, 6) is 1.91. The van der Waals surface area contributed by atoms with E-state index in [4.69, 9.17) is 4.74 Å². The van der Waals surface area contributed by atoms with Crippen LogP contribution in [0.1, 0.15) is 12.2 Å². The van der Waals surface area contributed by atoms with Gasteiger partial charge in [0.25, 0.3) is 6.43 Å². The minimum atomic E-state index is -2.70. The van der Waals surface area contributed by atoms with Crippen LogP contribution in [0.15, 0.2) is 36.7 Å². The second kappa shape index (κ2) is 8.54. The molecule has 2 fully saturated rings. The van der Waals surface area contributed by atoms with Crippen LogP contribution in [0.4, 0.5) is 26.2 Å². The first kappa shape index (κ1) is 19.8. The zero-order valence-corrected chi connectivity index (χ0v) is 17.0. The van der Waals surface area contributed by atoms with Crippen molar-refractivity contribution in [3.8, 4) is 0 Å². The lowest BCUT2D eigenvalue weighted by molar-refractivity contribution is 0.122. The van der Waals surface area contributed by atoms with Crippen molar-refractivity contribution in [2.24, 2.45) is 0 Å². The molecule has 0 aliphatic carbocycles. The van der Waals surface area contributed by atoms with Crippen LogP contribution in [0.2, 0.25) is 0 Å². The van der Waals surface area contributed by atoms with Crippen molar-refractivity contribution in [1.82, 2.24) is 19.9 Å². The van der Waals surface area contributed by atoms with Crippen molar-refractivity contribution in [3.63, 3.8) is 0 Å². The molecule has 0 N–H and O–H groups in total. The third-order valence-electron chi connectivity index (χ3n) is 5.67. The number of alkyl halides is 2. The predicted molar refractivity (Wildman–Crippen MR) is 114 cm³/mol. The van der Waals surface area contributed by atoms with E-state index >= 15 is 0 Å². The molecular formula is C21H23F2N7O. The van der Waals surface area contributed by atoms with E-state index in [-0.39, 0.29) is 0 Å². The molecule has 2 saturated heterocycles. The first-order valence-corrected chi connectivity index (χ1v) is 10.4. The number of fused-ring (bicyclic) bond motifs is 1. The topological polar surface area (TPSA) is 70.5 Å². The van der Waals surface area contributed by atoms with Gasteiger partial charge < -0.3 is 19.4 Å². The number of nitrogens with zero attached hydrogens (tertiary/aromatic N) is 7. The maximum absolute atomic E-state index is 13.3. The molecule has 162 valence electrons. The lowest BCUT2D eigenvalue weighted by atomic mass is 10.2. The summed E-state index contributed by atoms with van der Waals surface area (Å²) < 4.78 is 32.1. The molecule has 0 amide bonds. The van der Waals surface area contributed by atoms with Gasteiger partial charge in [-0.25, -0.2) is 28.7 Å². The highest BCUT2D eigenvalue weighted by Crippen LogP contribution is 2.28. The standard InChI is InChI=1S/C21H23F2N7O/c22-19(23)20-26-16-4-2-1-3-15(16)21(27-20)30-7-5-28(6-8-30)17-13-18(25-14-24-17)29-9-11-31-12-10-29/h1-4,13-14,19H,5-12H2. The Bertz CT molecular complexity index is 1050. The van der Waals surface area contributed by atoms with Crippen LogP contribution in [0.25, 0.3) is 10.9 Å². The molecule has 2 aliphatic rings. The van der Waals surface area contributed by atoms with Gasteiger partial charge in [0.15, 0.2) is 5.82 Å². The van der Waals surface area contributed by atoms with Crippen LogP contribution >= 0.6 is 0 Å². The number of halogens is 2. The number of hydrogen-bond acceptors (Lipinski definition) is 8. The van der Waals surface area contributed by atoms with Crippen molar-refractivity contribution in [1.29, 1.82) is 0 Å². The van der Waals surface area contributed by atoms with Gasteiger partial charge in [-0.1, -0.05) is 12.1 Å². The first-order valence-electron chi connectivity index (χ1n) is 10.4. The smallest absolute Gasteiger partial charge is 0.297 e. The van der Waals surface area contributed by atoms with E-state index in [2.05, 4.69) is 34.6 Å². The second-order valence-corrected chi connectivity index (χ2v) is 7.53. The molecule has 31 heavy (non-hydrogen) atoms. The predicted octanol–water partition coefficient (Wildman–Crippen LogP) is 2.52. The van der Waals surface area contributed by atoms with E-state index in [0.29, 0.717) is 50.7 Å². The van der Waals surface area contributed by atoms with Gasteiger partial charge in [0, 0.05) is 50.7 Å². The van der Waals surface area contributed by atoms with Crippen LogP contribution < -0.4 is 14.7 Å². The summed E-state index contributed by atoms with van der Waals surface area (Å²) in [7, 11) is 0. The number of piperazine rings is 1. The number of morpholine rings is 1. The molecule has 5 rings (SSSR count). The third-order valence-corrected chi connectivity index (χ3v) is 5.67. The van der Waals surface area contributed by atoms with Gasteiger partial charge in [0.05, 0.1) is 18.7 Å². The molecule has 8 nitrogen and oxygen atoms in total. The summed E-state index contributed by atoms with van der Waals surface area (Å²) in [5, 5.41) is 0.789. The van der Waals surface area contributed by atoms with Crippen LogP contribution in [-0.4, -0.2) is 72.4 Å². The van der Waals surface area contributed by atoms with Crippen LogP contribution in [0.3, 0.4) is 0 Å². The van der Waals surface area contributed by atoms with Gasteiger partial charge in [0.2, 0.25) is 0 Å². The summed E-state index contributed by atoms with van der Waals surface area (Å²) in [4.78, 5) is 23.5. The fourth-order valence-corrected chi connectivity index (χ4v) is 4.04.